The van der Waals surface area contributed by atoms with Gasteiger partial charge in [0.05, 0.1) is 6.54 Å². The Bertz CT molecular complexity index is 642. The van der Waals surface area contributed by atoms with Crippen LogP contribution in [0.5, 0.6) is 0 Å². The van der Waals surface area contributed by atoms with E-state index in [2.05, 4.69) is 31.3 Å². The molecule has 3 N–H and O–H groups in total. The first kappa shape index (κ1) is 16.2. The average molecular weight is 314 g/mol. The maximum atomic E-state index is 11.8. The molecule has 0 aliphatic heterocycles. The highest BCUT2D eigenvalue weighted by Crippen LogP contribution is 2.56. The Morgan fingerprint density at radius 3 is 2.87 bits per heavy atom. The van der Waals surface area contributed by atoms with Gasteiger partial charge in [0.2, 0.25) is 5.91 Å². The van der Waals surface area contributed by atoms with E-state index in [1.165, 1.54) is 17.4 Å². The molecule has 4 heteroatoms. The molecular weight excluding hydrogens is 288 g/mol. The molecular formula is C19H26N2O2. The van der Waals surface area contributed by atoms with Crippen molar-refractivity contribution in [3.63, 3.8) is 0 Å². The van der Waals surface area contributed by atoms with Crippen molar-refractivity contribution in [2.75, 3.05) is 11.9 Å². The fourth-order valence-electron chi connectivity index (χ4n) is 4.94. The van der Waals surface area contributed by atoms with Crippen LogP contribution in [-0.2, 0) is 21.4 Å². The zero-order chi connectivity index (χ0) is 16.7. The Balaban J connectivity index is 2.02. The number of benzene rings is 1. The van der Waals surface area contributed by atoms with Crippen molar-refractivity contribution in [3.8, 4) is 0 Å². The molecule has 4 nitrogen and oxygen atoms in total. The number of rotatable bonds is 3. The number of hydrogen-bond acceptors (Lipinski definition) is 3. The molecule has 1 aromatic rings. The quantitative estimate of drug-likeness (QED) is 0.843. The third-order valence-electron chi connectivity index (χ3n) is 6.14. The summed E-state index contributed by atoms with van der Waals surface area (Å²) < 4.78 is 0. The van der Waals surface area contributed by atoms with Crippen molar-refractivity contribution in [3.05, 3.63) is 29.3 Å². The highest BCUT2D eigenvalue weighted by atomic mass is 16.1. The first-order valence-corrected chi connectivity index (χ1v) is 8.52. The van der Waals surface area contributed by atoms with Gasteiger partial charge in [-0.3, -0.25) is 4.79 Å². The summed E-state index contributed by atoms with van der Waals surface area (Å²) in [4.78, 5) is 23.3. The molecule has 2 aliphatic rings. The normalized spacial score (nSPS) is 32.6. The molecule has 0 heterocycles. The van der Waals surface area contributed by atoms with Crippen LogP contribution < -0.4 is 11.1 Å². The fourth-order valence-corrected chi connectivity index (χ4v) is 4.94. The van der Waals surface area contributed by atoms with Crippen LogP contribution >= 0.6 is 0 Å². The van der Waals surface area contributed by atoms with Gasteiger partial charge in [0.1, 0.15) is 6.29 Å². The predicted octanol–water partition coefficient (Wildman–Crippen LogP) is 2.79. The molecule has 0 spiro atoms. The molecule has 3 rings (SSSR count). The van der Waals surface area contributed by atoms with Crippen molar-refractivity contribution in [1.82, 2.24) is 0 Å². The lowest BCUT2D eigenvalue weighted by Crippen LogP contribution is -2.49. The number of carbonyl (C=O) groups excluding carboxylic acids is 2. The van der Waals surface area contributed by atoms with Crippen molar-refractivity contribution >= 4 is 17.9 Å². The van der Waals surface area contributed by atoms with Gasteiger partial charge in [0.15, 0.2) is 0 Å². The summed E-state index contributed by atoms with van der Waals surface area (Å²) in [6.07, 6.45) is 6.40. The molecule has 124 valence electrons. The average Bonchev–Trinajstić information content (AvgIpc) is 2.55. The second-order valence-corrected chi connectivity index (χ2v) is 7.61. The largest absolute Gasteiger partial charge is 0.325 e. The second kappa shape index (κ2) is 5.75. The summed E-state index contributed by atoms with van der Waals surface area (Å²) in [5.74, 6) is 0.193. The minimum Gasteiger partial charge on any atom is -0.325 e. The lowest BCUT2D eigenvalue weighted by atomic mass is 9.50. The number of anilines is 1. The van der Waals surface area contributed by atoms with E-state index < -0.39 is 0 Å². The van der Waals surface area contributed by atoms with E-state index >= 15 is 0 Å². The summed E-state index contributed by atoms with van der Waals surface area (Å²) >= 11 is 0. The van der Waals surface area contributed by atoms with Gasteiger partial charge in [0, 0.05) is 11.1 Å². The van der Waals surface area contributed by atoms with E-state index in [-0.39, 0.29) is 23.3 Å². The predicted molar refractivity (Wildman–Crippen MR) is 91.3 cm³/mol. The number of hydrogen-bond donors (Lipinski definition) is 2. The molecule has 1 fully saturated rings. The van der Waals surface area contributed by atoms with Gasteiger partial charge in [-0.2, -0.15) is 0 Å². The molecule has 3 atom stereocenters. The Morgan fingerprint density at radius 1 is 1.39 bits per heavy atom. The van der Waals surface area contributed by atoms with E-state index in [9.17, 15) is 9.59 Å². The minimum absolute atomic E-state index is 0.00491. The molecule has 0 radical (unpaired) electrons. The molecule has 0 saturated heterocycles. The van der Waals surface area contributed by atoms with Crippen molar-refractivity contribution in [2.45, 2.75) is 51.4 Å². The van der Waals surface area contributed by atoms with Crippen LogP contribution in [0.25, 0.3) is 0 Å². The van der Waals surface area contributed by atoms with E-state index in [4.69, 9.17) is 5.73 Å². The van der Waals surface area contributed by atoms with Crippen LogP contribution in [0.15, 0.2) is 18.2 Å². The van der Waals surface area contributed by atoms with E-state index in [0.29, 0.717) is 5.92 Å². The molecule has 0 bridgehead atoms. The Hall–Kier alpha value is -1.68. The maximum absolute atomic E-state index is 11.8. The van der Waals surface area contributed by atoms with Gasteiger partial charge in [-0.1, -0.05) is 26.3 Å². The van der Waals surface area contributed by atoms with Crippen LogP contribution in [0.2, 0.25) is 0 Å². The standard InChI is InChI=1S/C19H26N2O2/c1-18(12-22)8-3-9-19(2)15-10-14(21-17(23)11-20)6-4-13(15)5-7-16(18)19/h4,6,10,12,16H,3,5,7-9,11,20H2,1-2H3,(H,21,23)/t16?,18-,19-/m1/s1. The third kappa shape index (κ3) is 2.59. The van der Waals surface area contributed by atoms with Gasteiger partial charge in [-0.25, -0.2) is 0 Å². The number of carbonyl (C=O) groups is 2. The Morgan fingerprint density at radius 2 is 2.17 bits per heavy atom. The van der Waals surface area contributed by atoms with Crippen LogP contribution in [-0.4, -0.2) is 18.7 Å². The van der Waals surface area contributed by atoms with Gasteiger partial charge >= 0.3 is 0 Å². The van der Waals surface area contributed by atoms with E-state index in [1.807, 2.05) is 6.07 Å². The summed E-state index contributed by atoms with van der Waals surface area (Å²) in [6.45, 7) is 4.40. The van der Waals surface area contributed by atoms with Crippen molar-refractivity contribution in [1.29, 1.82) is 0 Å². The van der Waals surface area contributed by atoms with Gasteiger partial charge < -0.3 is 15.8 Å². The lowest BCUT2D eigenvalue weighted by molar-refractivity contribution is -0.123. The highest BCUT2D eigenvalue weighted by molar-refractivity contribution is 5.92. The summed E-state index contributed by atoms with van der Waals surface area (Å²) in [6, 6.07) is 6.18. The first-order valence-electron chi connectivity index (χ1n) is 8.52. The molecule has 0 aromatic heterocycles. The Labute approximate surface area is 137 Å². The van der Waals surface area contributed by atoms with Gasteiger partial charge in [-0.05, 0) is 60.3 Å². The highest BCUT2D eigenvalue weighted by Gasteiger charge is 2.51. The third-order valence-corrected chi connectivity index (χ3v) is 6.14. The number of fused-ring (bicyclic) bond motifs is 3. The summed E-state index contributed by atoms with van der Waals surface area (Å²) in [7, 11) is 0. The summed E-state index contributed by atoms with van der Waals surface area (Å²) in [5, 5.41) is 2.86. The topological polar surface area (TPSA) is 72.2 Å². The maximum Gasteiger partial charge on any atom is 0.238 e. The number of amides is 1. The molecule has 2 aliphatic carbocycles. The molecule has 1 amide bonds. The Kier molecular flexibility index (Phi) is 4.05. The second-order valence-electron chi connectivity index (χ2n) is 7.61. The van der Waals surface area contributed by atoms with Gasteiger partial charge in [0.25, 0.3) is 0 Å². The van der Waals surface area contributed by atoms with E-state index in [1.54, 1.807) is 0 Å². The monoisotopic (exact) mass is 314 g/mol. The molecule has 1 saturated carbocycles. The molecule has 1 unspecified atom stereocenters. The lowest BCUT2D eigenvalue weighted by Gasteiger charge is -2.53. The van der Waals surface area contributed by atoms with Crippen molar-refractivity contribution < 1.29 is 9.59 Å². The number of aryl methyl sites for hydroxylation is 1. The zero-order valence-corrected chi connectivity index (χ0v) is 14.0. The minimum atomic E-state index is -0.235. The van der Waals surface area contributed by atoms with Gasteiger partial charge in [-0.15, -0.1) is 0 Å². The van der Waals surface area contributed by atoms with Crippen LogP contribution in [0.3, 0.4) is 0 Å². The van der Waals surface area contributed by atoms with Crippen LogP contribution in [0.1, 0.15) is 50.7 Å². The van der Waals surface area contributed by atoms with Crippen molar-refractivity contribution in [2.24, 2.45) is 17.1 Å². The number of nitrogens with one attached hydrogen (secondary N) is 1. The number of aldehydes is 1. The van der Waals surface area contributed by atoms with E-state index in [0.717, 1.165) is 37.8 Å². The zero-order valence-electron chi connectivity index (χ0n) is 14.0. The SMILES string of the molecule is C[C@]1(C=O)CCC[C@]2(C)c3cc(NC(=O)CN)ccc3CCC12. The van der Waals surface area contributed by atoms with Crippen LogP contribution in [0.4, 0.5) is 5.69 Å². The summed E-state index contributed by atoms with van der Waals surface area (Å²) in [5.41, 5.74) is 8.62. The number of nitrogens with two attached hydrogens (primary N) is 1. The molecule has 1 aromatic carbocycles. The van der Waals surface area contributed by atoms with Crippen LogP contribution in [0, 0.1) is 11.3 Å². The fraction of sp³-hybridized carbons (Fsp3) is 0.579. The molecule has 23 heavy (non-hydrogen) atoms. The first-order chi connectivity index (χ1) is 10.9. The smallest absolute Gasteiger partial charge is 0.238 e.